The molecule has 5 rings (SSSR count). The molecule has 0 aromatic heterocycles. The van der Waals surface area contributed by atoms with Crippen LogP contribution < -0.4 is 0 Å². The summed E-state index contributed by atoms with van der Waals surface area (Å²) in [5.41, 5.74) is 0.326. The quantitative estimate of drug-likeness (QED) is 0.495. The standard InChI is InChI=1S/C10H12O2/c1-10-7-5-3(2-4-8(5)11-4)6(7)9(10)12-10/h3-9H,2H2,1H3. The third-order valence-electron chi connectivity index (χ3n) is 5.22. The van der Waals surface area contributed by atoms with Crippen molar-refractivity contribution in [2.75, 3.05) is 0 Å². The maximum Gasteiger partial charge on any atom is 0.0958 e. The van der Waals surface area contributed by atoms with Crippen molar-refractivity contribution in [3.05, 3.63) is 0 Å². The lowest BCUT2D eigenvalue weighted by Gasteiger charge is -2.57. The Kier molecular flexibility index (Phi) is 0.561. The van der Waals surface area contributed by atoms with Gasteiger partial charge in [-0.1, -0.05) is 0 Å². The summed E-state index contributed by atoms with van der Waals surface area (Å²) >= 11 is 0. The third kappa shape index (κ3) is 0.330. The van der Waals surface area contributed by atoms with Crippen LogP contribution in [0.15, 0.2) is 0 Å². The third-order valence-corrected chi connectivity index (χ3v) is 5.22. The molecule has 8 atom stereocenters. The Labute approximate surface area is 71.2 Å². The topological polar surface area (TPSA) is 25.1 Å². The van der Waals surface area contributed by atoms with E-state index in [4.69, 9.17) is 9.47 Å². The molecule has 2 aliphatic heterocycles. The van der Waals surface area contributed by atoms with Crippen LogP contribution in [0.25, 0.3) is 0 Å². The molecule has 12 heavy (non-hydrogen) atoms. The first-order valence-electron chi connectivity index (χ1n) is 5.14. The van der Waals surface area contributed by atoms with Crippen molar-refractivity contribution in [1.29, 1.82) is 0 Å². The molecule has 5 fully saturated rings. The van der Waals surface area contributed by atoms with Gasteiger partial charge in [0.05, 0.1) is 23.9 Å². The Morgan fingerprint density at radius 1 is 1.33 bits per heavy atom. The number of fused-ring (bicyclic) bond motifs is 9. The minimum Gasteiger partial charge on any atom is -0.369 e. The van der Waals surface area contributed by atoms with Crippen LogP contribution in [-0.4, -0.2) is 23.9 Å². The molecule has 0 N–H and O–H groups in total. The lowest BCUT2D eigenvalue weighted by molar-refractivity contribution is -0.110. The van der Waals surface area contributed by atoms with Gasteiger partial charge in [-0.05, 0) is 31.1 Å². The molecule has 3 saturated carbocycles. The van der Waals surface area contributed by atoms with Gasteiger partial charge in [-0.3, -0.25) is 0 Å². The molecule has 3 aliphatic carbocycles. The van der Waals surface area contributed by atoms with Crippen LogP contribution >= 0.6 is 0 Å². The van der Waals surface area contributed by atoms with E-state index in [9.17, 15) is 0 Å². The lowest BCUT2D eigenvalue weighted by Crippen LogP contribution is -2.63. The molecule has 2 nitrogen and oxygen atoms in total. The highest BCUT2D eigenvalue weighted by Crippen LogP contribution is 2.79. The van der Waals surface area contributed by atoms with Crippen molar-refractivity contribution >= 4 is 0 Å². The Morgan fingerprint density at radius 3 is 3.17 bits per heavy atom. The Morgan fingerprint density at radius 2 is 2.25 bits per heavy atom. The molecular weight excluding hydrogens is 152 g/mol. The predicted molar refractivity (Wildman–Crippen MR) is 40.5 cm³/mol. The molecule has 2 heteroatoms. The second-order valence-corrected chi connectivity index (χ2v) is 5.44. The van der Waals surface area contributed by atoms with E-state index in [1.807, 2.05) is 0 Å². The lowest BCUT2D eigenvalue weighted by atomic mass is 9.43. The maximum absolute atomic E-state index is 5.75. The van der Waals surface area contributed by atoms with E-state index in [1.54, 1.807) is 0 Å². The van der Waals surface area contributed by atoms with Crippen LogP contribution in [0.2, 0.25) is 0 Å². The van der Waals surface area contributed by atoms with Crippen LogP contribution in [0, 0.1) is 23.7 Å². The van der Waals surface area contributed by atoms with Crippen molar-refractivity contribution in [1.82, 2.24) is 0 Å². The summed E-state index contributed by atoms with van der Waals surface area (Å²) in [5, 5.41) is 0. The van der Waals surface area contributed by atoms with Crippen molar-refractivity contribution in [2.45, 2.75) is 37.3 Å². The van der Waals surface area contributed by atoms with Crippen LogP contribution in [0.1, 0.15) is 13.3 Å². The second-order valence-electron chi connectivity index (χ2n) is 5.44. The zero-order valence-electron chi connectivity index (χ0n) is 7.07. The molecular formula is C10H12O2. The van der Waals surface area contributed by atoms with Gasteiger partial charge >= 0.3 is 0 Å². The highest BCUT2D eigenvalue weighted by Gasteiger charge is 2.87. The first kappa shape index (κ1) is 5.61. The number of hydrogen-bond acceptors (Lipinski definition) is 2. The van der Waals surface area contributed by atoms with Gasteiger partial charge in [0.2, 0.25) is 0 Å². The SMILES string of the molecule is CC12OC1C1C3CC4OC4C3C12. The molecule has 0 bridgehead atoms. The molecule has 2 heterocycles. The highest BCUT2D eigenvalue weighted by molar-refractivity contribution is 5.33. The summed E-state index contributed by atoms with van der Waals surface area (Å²) in [6.45, 7) is 2.30. The van der Waals surface area contributed by atoms with E-state index in [1.165, 1.54) is 6.42 Å². The van der Waals surface area contributed by atoms with Gasteiger partial charge in [-0.15, -0.1) is 0 Å². The van der Waals surface area contributed by atoms with Gasteiger partial charge in [0.25, 0.3) is 0 Å². The van der Waals surface area contributed by atoms with Crippen LogP contribution in [-0.2, 0) is 9.47 Å². The van der Waals surface area contributed by atoms with Crippen molar-refractivity contribution in [2.24, 2.45) is 23.7 Å². The van der Waals surface area contributed by atoms with Gasteiger partial charge in [-0.2, -0.15) is 0 Å². The minimum absolute atomic E-state index is 0.326. The van der Waals surface area contributed by atoms with Crippen LogP contribution in [0.3, 0.4) is 0 Å². The Hall–Kier alpha value is -0.0800. The van der Waals surface area contributed by atoms with Crippen LogP contribution in [0.5, 0.6) is 0 Å². The molecule has 0 radical (unpaired) electrons. The fraction of sp³-hybridized carbons (Fsp3) is 1.00. The van der Waals surface area contributed by atoms with Crippen LogP contribution in [0.4, 0.5) is 0 Å². The summed E-state index contributed by atoms with van der Waals surface area (Å²) in [6, 6.07) is 0. The zero-order valence-corrected chi connectivity index (χ0v) is 7.07. The Bertz CT molecular complexity index is 298. The summed E-state index contributed by atoms with van der Waals surface area (Å²) in [5.74, 6) is 3.75. The monoisotopic (exact) mass is 164 g/mol. The Balaban J connectivity index is 1.61. The number of rotatable bonds is 0. The molecule has 0 aromatic carbocycles. The first-order valence-corrected chi connectivity index (χ1v) is 5.14. The molecule has 0 spiro atoms. The number of epoxide rings is 2. The minimum atomic E-state index is 0.326. The van der Waals surface area contributed by atoms with Crippen molar-refractivity contribution < 1.29 is 9.47 Å². The summed E-state index contributed by atoms with van der Waals surface area (Å²) in [6.07, 6.45) is 3.36. The number of hydrogen-bond donors (Lipinski definition) is 0. The fourth-order valence-corrected chi connectivity index (χ4v) is 4.64. The fourth-order valence-electron chi connectivity index (χ4n) is 4.64. The molecule has 0 amide bonds. The molecule has 8 unspecified atom stereocenters. The molecule has 0 aromatic rings. The van der Waals surface area contributed by atoms with E-state index in [0.29, 0.717) is 23.9 Å². The molecule has 5 aliphatic rings. The van der Waals surface area contributed by atoms with E-state index >= 15 is 0 Å². The van der Waals surface area contributed by atoms with Gasteiger partial charge in [0.1, 0.15) is 0 Å². The van der Waals surface area contributed by atoms with E-state index in [0.717, 1.165) is 23.7 Å². The normalized spacial score (nSPS) is 85.2. The predicted octanol–water partition coefficient (Wildman–Crippen LogP) is 0.807. The van der Waals surface area contributed by atoms with Gasteiger partial charge < -0.3 is 9.47 Å². The van der Waals surface area contributed by atoms with E-state index in [2.05, 4.69) is 6.92 Å². The summed E-state index contributed by atoms with van der Waals surface area (Å²) in [7, 11) is 0. The van der Waals surface area contributed by atoms with Crippen molar-refractivity contribution in [3.8, 4) is 0 Å². The molecule has 2 saturated heterocycles. The highest BCUT2D eigenvalue weighted by atomic mass is 16.6. The zero-order chi connectivity index (χ0) is 7.66. The summed E-state index contributed by atoms with van der Waals surface area (Å²) < 4.78 is 11.3. The smallest absolute Gasteiger partial charge is 0.0958 e. The number of ether oxygens (including phenoxy) is 2. The van der Waals surface area contributed by atoms with Gasteiger partial charge in [0, 0.05) is 5.92 Å². The average Bonchev–Trinajstić information content (AvgIpc) is 2.81. The maximum atomic E-state index is 5.75. The van der Waals surface area contributed by atoms with E-state index in [-0.39, 0.29) is 0 Å². The van der Waals surface area contributed by atoms with Gasteiger partial charge in [-0.25, -0.2) is 0 Å². The van der Waals surface area contributed by atoms with E-state index < -0.39 is 0 Å². The van der Waals surface area contributed by atoms with Crippen molar-refractivity contribution in [3.63, 3.8) is 0 Å². The summed E-state index contributed by atoms with van der Waals surface area (Å²) in [4.78, 5) is 0. The largest absolute Gasteiger partial charge is 0.369 e. The molecule has 64 valence electrons. The first-order chi connectivity index (χ1) is 5.81. The second kappa shape index (κ2) is 1.20. The van der Waals surface area contributed by atoms with Gasteiger partial charge in [0.15, 0.2) is 0 Å². The average molecular weight is 164 g/mol.